The van der Waals surface area contributed by atoms with Crippen molar-refractivity contribution in [3.8, 4) is 11.5 Å². The van der Waals surface area contributed by atoms with Crippen LogP contribution >= 0.6 is 0 Å². The maximum atomic E-state index is 13.1. The van der Waals surface area contributed by atoms with E-state index >= 15 is 0 Å². The van der Waals surface area contributed by atoms with Crippen LogP contribution in [-0.2, 0) is 41.8 Å². The number of aliphatic hydroxyl groups excluding tert-OH is 8. The van der Waals surface area contributed by atoms with Crippen LogP contribution in [0.25, 0.3) is 0 Å². The molecule has 0 bridgehead atoms. The summed E-state index contributed by atoms with van der Waals surface area (Å²) >= 11 is 0. The van der Waals surface area contributed by atoms with Gasteiger partial charge in [0.05, 0.1) is 19.6 Å². The lowest BCUT2D eigenvalue weighted by atomic mass is 9.84. The first-order valence-corrected chi connectivity index (χ1v) is 16.4. The van der Waals surface area contributed by atoms with E-state index in [4.69, 9.17) is 28.4 Å². The molecule has 2 aliphatic rings. The third-order valence-corrected chi connectivity index (χ3v) is 9.01. The van der Waals surface area contributed by atoms with Crippen molar-refractivity contribution in [1.82, 2.24) is 0 Å². The van der Waals surface area contributed by atoms with Crippen molar-refractivity contribution in [3.63, 3.8) is 0 Å². The third kappa shape index (κ3) is 9.70. The lowest BCUT2D eigenvalue weighted by Gasteiger charge is -2.39. The SMILES string of the molecule is CCC(C)C(O)(CC(=O)OCc1ccc(O[C@@H]2O[C@H](CO)[C@@H](O)[C@H](O)[C@H]2O)cc1)C(=O)OCc1ccc(O[C@@H]2O[C@H](CO)[C@@H](O)[C@H](O)[C@H]2O)cc1. The van der Waals surface area contributed by atoms with Crippen LogP contribution in [-0.4, -0.2) is 138 Å². The molecule has 2 aliphatic heterocycles. The van der Waals surface area contributed by atoms with Crippen molar-refractivity contribution in [1.29, 1.82) is 0 Å². The Morgan fingerprint density at radius 1 is 0.686 bits per heavy atom. The zero-order chi connectivity index (χ0) is 37.5. The second-order valence-corrected chi connectivity index (χ2v) is 12.6. The Balaban J connectivity index is 1.28. The van der Waals surface area contributed by atoms with Gasteiger partial charge >= 0.3 is 11.9 Å². The van der Waals surface area contributed by atoms with E-state index in [1.807, 2.05) is 0 Å². The molecule has 0 spiro atoms. The second-order valence-electron chi connectivity index (χ2n) is 12.6. The standard InChI is InChI=1S/C34H46O17/c1-3-17(2)34(45,33(44)47-16-19-6-10-21(11-7-19)49-32-30(43)28(41)26(39)23(14-36)51-32)12-24(37)46-15-18-4-8-20(9-5-18)48-31-29(42)27(40)25(38)22(13-35)50-31/h4-11,17,22-23,25-32,35-36,38-43,45H,3,12-16H2,1-2H3/t17?,22-,23-,25-,26-,27+,28+,29-,30-,31-,32-,34?/m1/s1. The predicted octanol–water partition coefficient (Wildman–Crippen LogP) is -2.00. The largest absolute Gasteiger partial charge is 0.462 e. The highest BCUT2D eigenvalue weighted by Crippen LogP contribution is 2.29. The van der Waals surface area contributed by atoms with E-state index in [0.29, 0.717) is 17.5 Å². The van der Waals surface area contributed by atoms with E-state index < -0.39 is 105 Å². The molecule has 0 amide bonds. The quantitative estimate of drug-likeness (QED) is 0.0898. The van der Waals surface area contributed by atoms with Crippen LogP contribution in [0.15, 0.2) is 48.5 Å². The highest BCUT2D eigenvalue weighted by Gasteiger charge is 2.47. The fourth-order valence-corrected chi connectivity index (χ4v) is 5.42. The summed E-state index contributed by atoms with van der Waals surface area (Å²) < 4.78 is 32.4. The minimum atomic E-state index is -2.21. The zero-order valence-corrected chi connectivity index (χ0v) is 28.0. The van der Waals surface area contributed by atoms with Gasteiger partial charge in [0.25, 0.3) is 0 Å². The highest BCUT2D eigenvalue weighted by atomic mass is 16.7. The number of esters is 2. The average molecular weight is 727 g/mol. The van der Waals surface area contributed by atoms with Gasteiger partial charge in [-0.1, -0.05) is 44.5 Å². The van der Waals surface area contributed by atoms with Gasteiger partial charge in [0.2, 0.25) is 12.6 Å². The molecule has 2 aromatic carbocycles. The molecule has 9 N–H and O–H groups in total. The molecular formula is C34H46O17. The molecule has 12 atom stereocenters. The average Bonchev–Trinajstić information content (AvgIpc) is 3.13. The molecule has 51 heavy (non-hydrogen) atoms. The van der Waals surface area contributed by atoms with Gasteiger partial charge in [0, 0.05) is 0 Å². The van der Waals surface area contributed by atoms with Crippen LogP contribution in [0.2, 0.25) is 0 Å². The molecule has 0 aromatic heterocycles. The Kier molecular flexibility index (Phi) is 14.1. The first-order valence-electron chi connectivity index (χ1n) is 16.4. The lowest BCUT2D eigenvalue weighted by Crippen LogP contribution is -2.60. The molecule has 284 valence electrons. The van der Waals surface area contributed by atoms with Crippen LogP contribution in [0.4, 0.5) is 0 Å². The van der Waals surface area contributed by atoms with Gasteiger partial charge in [-0.15, -0.1) is 0 Å². The summed E-state index contributed by atoms with van der Waals surface area (Å²) in [5.74, 6) is -2.19. The molecule has 0 saturated carbocycles. The fraction of sp³-hybridized carbons (Fsp3) is 0.588. The molecule has 2 aromatic rings. The molecule has 0 aliphatic carbocycles. The Morgan fingerprint density at radius 2 is 1.10 bits per heavy atom. The van der Waals surface area contributed by atoms with Crippen LogP contribution in [0.5, 0.6) is 11.5 Å². The van der Waals surface area contributed by atoms with Crippen molar-refractivity contribution in [2.45, 2.75) is 107 Å². The lowest BCUT2D eigenvalue weighted by molar-refractivity contribution is -0.277. The minimum absolute atomic E-state index is 0.198. The van der Waals surface area contributed by atoms with E-state index in [9.17, 15) is 55.5 Å². The number of hydrogen-bond donors (Lipinski definition) is 9. The number of rotatable bonds is 15. The van der Waals surface area contributed by atoms with Crippen molar-refractivity contribution >= 4 is 11.9 Å². The Bertz CT molecular complexity index is 1400. The van der Waals surface area contributed by atoms with Crippen molar-refractivity contribution in [2.24, 2.45) is 5.92 Å². The molecule has 2 heterocycles. The van der Waals surface area contributed by atoms with Crippen LogP contribution in [0.1, 0.15) is 37.8 Å². The van der Waals surface area contributed by atoms with Gasteiger partial charge in [-0.3, -0.25) is 4.79 Å². The highest BCUT2D eigenvalue weighted by molar-refractivity contribution is 5.86. The van der Waals surface area contributed by atoms with E-state index in [-0.39, 0.29) is 24.7 Å². The summed E-state index contributed by atoms with van der Waals surface area (Å²) in [6, 6.07) is 12.0. The van der Waals surface area contributed by atoms with E-state index in [1.54, 1.807) is 26.0 Å². The number of carbonyl (C=O) groups is 2. The summed E-state index contributed by atoms with van der Waals surface area (Å²) in [6.45, 7) is 1.61. The number of benzene rings is 2. The summed E-state index contributed by atoms with van der Waals surface area (Å²) in [5.41, 5.74) is -1.21. The third-order valence-electron chi connectivity index (χ3n) is 9.01. The summed E-state index contributed by atoms with van der Waals surface area (Å²) in [7, 11) is 0. The number of carbonyl (C=O) groups excluding carboxylic acids is 2. The van der Waals surface area contributed by atoms with Crippen molar-refractivity contribution in [3.05, 3.63) is 59.7 Å². The predicted molar refractivity (Wildman–Crippen MR) is 170 cm³/mol. The van der Waals surface area contributed by atoms with E-state index in [2.05, 4.69) is 0 Å². The second kappa shape index (κ2) is 17.8. The smallest absolute Gasteiger partial charge is 0.339 e. The minimum Gasteiger partial charge on any atom is -0.462 e. The summed E-state index contributed by atoms with van der Waals surface area (Å²) in [6.07, 6.45) is -14.9. The molecule has 2 fully saturated rings. The van der Waals surface area contributed by atoms with Crippen LogP contribution in [0, 0.1) is 5.92 Å². The van der Waals surface area contributed by atoms with E-state index in [0.717, 1.165) is 0 Å². The van der Waals surface area contributed by atoms with Crippen LogP contribution in [0.3, 0.4) is 0 Å². The summed E-state index contributed by atoms with van der Waals surface area (Å²) in [4.78, 5) is 25.9. The monoisotopic (exact) mass is 726 g/mol. The summed E-state index contributed by atoms with van der Waals surface area (Å²) in [5, 5.41) is 90.1. The van der Waals surface area contributed by atoms with E-state index in [1.165, 1.54) is 36.4 Å². The molecule has 17 nitrogen and oxygen atoms in total. The molecule has 17 heteroatoms. The van der Waals surface area contributed by atoms with Gasteiger partial charge in [0.1, 0.15) is 73.5 Å². The van der Waals surface area contributed by atoms with Crippen molar-refractivity contribution in [2.75, 3.05) is 13.2 Å². The first-order chi connectivity index (χ1) is 24.2. The fourth-order valence-electron chi connectivity index (χ4n) is 5.42. The molecule has 2 saturated heterocycles. The maximum Gasteiger partial charge on any atom is 0.339 e. The number of aliphatic hydroxyl groups is 9. The van der Waals surface area contributed by atoms with Gasteiger partial charge in [-0.25, -0.2) is 4.79 Å². The van der Waals surface area contributed by atoms with Gasteiger partial charge in [-0.2, -0.15) is 0 Å². The Labute approximate surface area is 293 Å². The molecule has 2 unspecified atom stereocenters. The topological polar surface area (TPSA) is 272 Å². The maximum absolute atomic E-state index is 13.1. The van der Waals surface area contributed by atoms with Gasteiger partial charge in [0.15, 0.2) is 5.60 Å². The number of ether oxygens (including phenoxy) is 6. The van der Waals surface area contributed by atoms with Gasteiger partial charge < -0.3 is 74.4 Å². The molecule has 4 rings (SSSR count). The molecule has 0 radical (unpaired) electrons. The van der Waals surface area contributed by atoms with Crippen LogP contribution < -0.4 is 9.47 Å². The Morgan fingerprint density at radius 3 is 1.49 bits per heavy atom. The Hall–Kier alpha value is -3.46. The molecular weight excluding hydrogens is 680 g/mol. The van der Waals surface area contributed by atoms with Crippen molar-refractivity contribution < 1.29 is 84.0 Å². The zero-order valence-electron chi connectivity index (χ0n) is 28.0. The first kappa shape index (κ1) is 40.3. The normalized spacial score (nSPS) is 31.2. The number of hydrogen-bond acceptors (Lipinski definition) is 17. The van der Waals surface area contributed by atoms with Gasteiger partial charge in [-0.05, 0) is 41.3 Å².